The van der Waals surface area contributed by atoms with Gasteiger partial charge in [-0.05, 0) is 24.6 Å². The highest BCUT2D eigenvalue weighted by Crippen LogP contribution is 2.27. The minimum atomic E-state index is -0.705. The third-order valence-electron chi connectivity index (χ3n) is 2.69. The molecule has 0 aromatic heterocycles. The van der Waals surface area contributed by atoms with Crippen molar-refractivity contribution in [3.63, 3.8) is 0 Å². The van der Waals surface area contributed by atoms with E-state index in [0.717, 1.165) is 35.9 Å². The maximum Gasteiger partial charge on any atom is 0.161 e. The van der Waals surface area contributed by atoms with Crippen molar-refractivity contribution in [1.29, 1.82) is 0 Å². The molecule has 1 aromatic rings. The van der Waals surface area contributed by atoms with Gasteiger partial charge in [-0.2, -0.15) is 0 Å². The number of methoxy groups -OCH3 is 1. The average Bonchev–Trinajstić information content (AvgIpc) is 2.44. The van der Waals surface area contributed by atoms with Crippen LogP contribution in [0.5, 0.6) is 11.5 Å². The summed E-state index contributed by atoms with van der Waals surface area (Å²) in [6.45, 7) is 6.00. The maximum atomic E-state index is 11.3. The minimum absolute atomic E-state index is 0.614. The first kappa shape index (κ1) is 16.0. The minimum Gasteiger partial charge on any atom is -0.493 e. The Bertz CT molecular complexity index is 410. The molecule has 0 saturated heterocycles. The molecule has 19 heavy (non-hydrogen) atoms. The van der Waals surface area contributed by atoms with E-state index in [0.29, 0.717) is 12.4 Å². The van der Waals surface area contributed by atoms with Crippen molar-refractivity contribution < 1.29 is 13.7 Å². The van der Waals surface area contributed by atoms with Crippen LogP contribution in [0.4, 0.5) is 0 Å². The first-order chi connectivity index (χ1) is 9.21. The molecule has 5 heteroatoms. The molecule has 0 heterocycles. The highest BCUT2D eigenvalue weighted by Gasteiger charge is 2.05. The molecule has 0 fully saturated rings. The lowest BCUT2D eigenvalue weighted by Gasteiger charge is -2.11. The van der Waals surface area contributed by atoms with Gasteiger partial charge in [0, 0.05) is 35.4 Å². The molecule has 1 unspecified atom stereocenters. The van der Waals surface area contributed by atoms with Crippen molar-refractivity contribution in [3.8, 4) is 11.5 Å². The molecule has 1 rings (SSSR count). The maximum absolute atomic E-state index is 11.3. The molecule has 0 aliphatic heterocycles. The molecule has 0 amide bonds. The van der Waals surface area contributed by atoms with Crippen LogP contribution in [0.25, 0.3) is 0 Å². The number of hydrogen-bond donors (Lipinski definition) is 1. The van der Waals surface area contributed by atoms with Crippen LogP contribution in [0.3, 0.4) is 0 Å². The van der Waals surface area contributed by atoms with Crippen LogP contribution >= 0.6 is 0 Å². The summed E-state index contributed by atoms with van der Waals surface area (Å²) >= 11 is 0. The molecule has 1 aromatic carbocycles. The number of rotatable bonds is 9. The summed E-state index contributed by atoms with van der Waals surface area (Å²) in [5.74, 6) is 2.93. The number of ether oxygens (including phenoxy) is 2. The summed E-state index contributed by atoms with van der Waals surface area (Å²) in [6, 6.07) is 5.89. The smallest absolute Gasteiger partial charge is 0.161 e. The molecule has 0 radical (unpaired) electrons. The van der Waals surface area contributed by atoms with Gasteiger partial charge in [0.15, 0.2) is 11.5 Å². The topological polar surface area (TPSA) is 47.6 Å². The van der Waals surface area contributed by atoms with Gasteiger partial charge >= 0.3 is 0 Å². The molecule has 0 aliphatic carbocycles. The van der Waals surface area contributed by atoms with Crippen LogP contribution in [0.15, 0.2) is 18.2 Å². The summed E-state index contributed by atoms with van der Waals surface area (Å²) in [5, 5.41) is 3.28. The van der Waals surface area contributed by atoms with Crippen molar-refractivity contribution in [2.75, 3.05) is 31.8 Å². The van der Waals surface area contributed by atoms with Gasteiger partial charge in [-0.25, -0.2) is 0 Å². The molecular formula is C14H23NO3S. The Labute approximate surface area is 118 Å². The molecular weight excluding hydrogens is 262 g/mol. The summed E-state index contributed by atoms with van der Waals surface area (Å²) < 4.78 is 22.0. The summed E-state index contributed by atoms with van der Waals surface area (Å²) in [7, 11) is 0.930. The Morgan fingerprint density at radius 1 is 1.26 bits per heavy atom. The van der Waals surface area contributed by atoms with E-state index in [1.807, 2.05) is 32.0 Å². The normalized spacial score (nSPS) is 12.2. The van der Waals surface area contributed by atoms with Gasteiger partial charge in [-0.15, -0.1) is 0 Å². The van der Waals surface area contributed by atoms with Crippen LogP contribution in [-0.2, 0) is 17.3 Å². The zero-order valence-electron chi connectivity index (χ0n) is 11.9. The summed E-state index contributed by atoms with van der Waals surface area (Å²) in [4.78, 5) is 0. The Kier molecular flexibility index (Phi) is 7.52. The van der Waals surface area contributed by atoms with Crippen LogP contribution < -0.4 is 14.8 Å². The molecule has 108 valence electrons. The van der Waals surface area contributed by atoms with E-state index in [-0.39, 0.29) is 0 Å². The van der Waals surface area contributed by atoms with E-state index in [9.17, 15) is 4.21 Å². The van der Waals surface area contributed by atoms with E-state index >= 15 is 0 Å². The second-order valence-electron chi connectivity index (χ2n) is 4.03. The second kappa shape index (κ2) is 8.93. The molecule has 1 N–H and O–H groups in total. The van der Waals surface area contributed by atoms with Gasteiger partial charge in [0.1, 0.15) is 0 Å². The average molecular weight is 285 g/mol. The van der Waals surface area contributed by atoms with Gasteiger partial charge in [0.25, 0.3) is 0 Å². The number of hydrogen-bond acceptors (Lipinski definition) is 4. The largest absolute Gasteiger partial charge is 0.493 e. The molecule has 0 bridgehead atoms. The number of benzene rings is 1. The summed E-state index contributed by atoms with van der Waals surface area (Å²) in [5.41, 5.74) is 1.13. The first-order valence-electron chi connectivity index (χ1n) is 6.56. The molecule has 4 nitrogen and oxygen atoms in total. The lowest BCUT2D eigenvalue weighted by Crippen LogP contribution is -2.20. The van der Waals surface area contributed by atoms with Gasteiger partial charge in [-0.1, -0.05) is 13.0 Å². The third-order valence-corrected chi connectivity index (χ3v) is 3.99. The third kappa shape index (κ3) is 5.61. The standard InChI is InChI=1S/C14H23NO3S/c1-4-18-14-10-12(6-7-13(14)17-3)11-15-8-9-19(16)5-2/h6-7,10,15H,4-5,8-9,11H2,1-3H3. The quantitative estimate of drug-likeness (QED) is 0.705. The summed E-state index contributed by atoms with van der Waals surface area (Å²) in [6.07, 6.45) is 0. The van der Waals surface area contributed by atoms with E-state index in [2.05, 4.69) is 5.32 Å². The van der Waals surface area contributed by atoms with Crippen LogP contribution in [-0.4, -0.2) is 36.0 Å². The zero-order chi connectivity index (χ0) is 14.1. The first-order valence-corrected chi connectivity index (χ1v) is 8.05. The van der Waals surface area contributed by atoms with E-state index in [4.69, 9.17) is 9.47 Å². The van der Waals surface area contributed by atoms with Gasteiger partial charge in [0.05, 0.1) is 13.7 Å². The fraction of sp³-hybridized carbons (Fsp3) is 0.571. The Hall–Kier alpha value is -1.07. The Balaban J connectivity index is 2.49. The van der Waals surface area contributed by atoms with Crippen molar-refractivity contribution in [2.24, 2.45) is 0 Å². The zero-order valence-corrected chi connectivity index (χ0v) is 12.7. The monoisotopic (exact) mass is 285 g/mol. The molecule has 0 aliphatic rings. The van der Waals surface area contributed by atoms with E-state index < -0.39 is 10.8 Å². The lowest BCUT2D eigenvalue weighted by atomic mass is 10.2. The van der Waals surface area contributed by atoms with Crippen molar-refractivity contribution in [2.45, 2.75) is 20.4 Å². The second-order valence-corrected chi connectivity index (χ2v) is 5.89. The number of nitrogens with one attached hydrogen (secondary N) is 1. The van der Waals surface area contributed by atoms with Crippen molar-refractivity contribution in [1.82, 2.24) is 5.32 Å². The van der Waals surface area contributed by atoms with E-state index in [1.54, 1.807) is 7.11 Å². The van der Waals surface area contributed by atoms with Crippen LogP contribution in [0, 0.1) is 0 Å². The SMILES string of the molecule is CCOc1cc(CNCCS(=O)CC)ccc1OC. The molecule has 1 atom stereocenters. The predicted molar refractivity (Wildman–Crippen MR) is 79.4 cm³/mol. The highest BCUT2D eigenvalue weighted by atomic mass is 32.2. The Morgan fingerprint density at radius 3 is 2.68 bits per heavy atom. The van der Waals surface area contributed by atoms with Crippen LogP contribution in [0.1, 0.15) is 19.4 Å². The van der Waals surface area contributed by atoms with Crippen molar-refractivity contribution >= 4 is 10.8 Å². The van der Waals surface area contributed by atoms with Gasteiger partial charge in [0.2, 0.25) is 0 Å². The fourth-order valence-electron chi connectivity index (χ4n) is 1.66. The van der Waals surface area contributed by atoms with Crippen LogP contribution in [0.2, 0.25) is 0 Å². The highest BCUT2D eigenvalue weighted by molar-refractivity contribution is 7.84. The van der Waals surface area contributed by atoms with Gasteiger partial charge in [-0.3, -0.25) is 4.21 Å². The van der Waals surface area contributed by atoms with Crippen molar-refractivity contribution in [3.05, 3.63) is 23.8 Å². The van der Waals surface area contributed by atoms with E-state index in [1.165, 1.54) is 0 Å². The molecule has 0 spiro atoms. The Morgan fingerprint density at radius 2 is 2.05 bits per heavy atom. The predicted octanol–water partition coefficient (Wildman–Crippen LogP) is 1.95. The lowest BCUT2D eigenvalue weighted by molar-refractivity contribution is 0.310. The van der Waals surface area contributed by atoms with Gasteiger partial charge < -0.3 is 14.8 Å². The fourth-order valence-corrected chi connectivity index (χ4v) is 2.32. The molecule has 0 saturated carbocycles.